The van der Waals surface area contributed by atoms with Crippen LogP contribution in [0.4, 0.5) is 5.95 Å². The van der Waals surface area contributed by atoms with E-state index in [-0.39, 0.29) is 5.95 Å². The van der Waals surface area contributed by atoms with Gasteiger partial charge in [0.25, 0.3) is 0 Å². The van der Waals surface area contributed by atoms with Gasteiger partial charge in [-0.05, 0) is 12.0 Å². The summed E-state index contributed by atoms with van der Waals surface area (Å²) >= 11 is 0. The van der Waals surface area contributed by atoms with Gasteiger partial charge in [-0.1, -0.05) is 30.3 Å². The first-order chi connectivity index (χ1) is 12.7. The fourth-order valence-electron chi connectivity index (χ4n) is 2.70. The zero-order valence-corrected chi connectivity index (χ0v) is 15.0. The molecule has 138 valence electrons. The van der Waals surface area contributed by atoms with Crippen molar-refractivity contribution in [2.45, 2.75) is 26.2 Å². The maximum atomic E-state index is 5.90. The van der Waals surface area contributed by atoms with Crippen LogP contribution in [0.1, 0.15) is 17.8 Å². The van der Waals surface area contributed by atoms with Crippen molar-refractivity contribution in [3.8, 4) is 5.88 Å². The zero-order chi connectivity index (χ0) is 18.4. The number of rotatable bonds is 9. The highest BCUT2D eigenvalue weighted by atomic mass is 16.5. The summed E-state index contributed by atoms with van der Waals surface area (Å²) in [5, 5.41) is 0. The summed E-state index contributed by atoms with van der Waals surface area (Å²) in [7, 11) is 3.31. The number of anilines is 1. The number of fused-ring (bicyclic) bond motifs is 1. The summed E-state index contributed by atoms with van der Waals surface area (Å²) in [6.07, 6.45) is 0.822. The average Bonchev–Trinajstić information content (AvgIpc) is 2.99. The van der Waals surface area contributed by atoms with E-state index in [4.69, 9.17) is 19.9 Å². The van der Waals surface area contributed by atoms with E-state index < -0.39 is 0 Å². The highest BCUT2D eigenvalue weighted by molar-refractivity contribution is 5.78. The van der Waals surface area contributed by atoms with Crippen LogP contribution in [0.2, 0.25) is 0 Å². The summed E-state index contributed by atoms with van der Waals surface area (Å²) < 4.78 is 18.3. The van der Waals surface area contributed by atoms with Crippen LogP contribution in [0.5, 0.6) is 5.88 Å². The molecular formula is C18H23N5O3. The molecule has 0 spiro atoms. The molecule has 0 unspecified atom stereocenters. The lowest BCUT2D eigenvalue weighted by Crippen LogP contribution is -2.08. The van der Waals surface area contributed by atoms with Crippen molar-refractivity contribution in [2.75, 3.05) is 26.6 Å². The van der Waals surface area contributed by atoms with E-state index in [1.807, 2.05) is 34.9 Å². The molecule has 0 saturated heterocycles. The van der Waals surface area contributed by atoms with E-state index in [2.05, 4.69) is 15.0 Å². The summed E-state index contributed by atoms with van der Waals surface area (Å²) in [5.74, 6) is 1.28. The molecule has 2 heterocycles. The van der Waals surface area contributed by atoms with Crippen molar-refractivity contribution in [1.82, 2.24) is 19.5 Å². The van der Waals surface area contributed by atoms with Gasteiger partial charge in [0.15, 0.2) is 11.2 Å². The molecule has 0 amide bonds. The minimum Gasteiger partial charge on any atom is -0.471 e. The molecule has 1 aromatic carbocycles. The number of aryl methyl sites for hydroxylation is 1. The molecular weight excluding hydrogens is 334 g/mol. The van der Waals surface area contributed by atoms with Crippen LogP contribution in [-0.4, -0.2) is 40.3 Å². The molecule has 0 aliphatic heterocycles. The van der Waals surface area contributed by atoms with Gasteiger partial charge in [-0.15, -0.1) is 0 Å². The van der Waals surface area contributed by atoms with Crippen molar-refractivity contribution < 1.29 is 14.2 Å². The van der Waals surface area contributed by atoms with Gasteiger partial charge in [0, 0.05) is 27.4 Å². The van der Waals surface area contributed by atoms with E-state index in [1.54, 1.807) is 14.2 Å². The second-order valence-electron chi connectivity index (χ2n) is 5.79. The first-order valence-electron chi connectivity index (χ1n) is 8.40. The number of aromatic nitrogens is 4. The van der Waals surface area contributed by atoms with E-state index in [0.717, 1.165) is 17.8 Å². The maximum Gasteiger partial charge on any atom is 0.247 e. The molecule has 0 fully saturated rings. The second-order valence-corrected chi connectivity index (χ2v) is 5.79. The molecule has 2 N–H and O–H groups in total. The van der Waals surface area contributed by atoms with Crippen LogP contribution in [0.3, 0.4) is 0 Å². The number of nitrogens with two attached hydrogens (primary N) is 1. The van der Waals surface area contributed by atoms with E-state index in [9.17, 15) is 0 Å². The van der Waals surface area contributed by atoms with E-state index in [0.29, 0.717) is 43.4 Å². The highest BCUT2D eigenvalue weighted by Gasteiger charge is 2.18. The summed E-state index contributed by atoms with van der Waals surface area (Å²) in [4.78, 5) is 13.2. The summed E-state index contributed by atoms with van der Waals surface area (Å²) in [5.41, 5.74) is 8.16. The molecule has 8 heteroatoms. The molecule has 26 heavy (non-hydrogen) atoms. The lowest BCUT2D eigenvalue weighted by molar-refractivity contribution is 0.170. The Bertz CT molecular complexity index is 851. The van der Waals surface area contributed by atoms with Gasteiger partial charge in [0.05, 0.1) is 0 Å². The predicted octanol–water partition coefficient (Wildman–Crippen LogP) is 2.17. The van der Waals surface area contributed by atoms with Crippen molar-refractivity contribution in [1.29, 1.82) is 0 Å². The maximum absolute atomic E-state index is 5.90. The first kappa shape index (κ1) is 18.1. The summed E-state index contributed by atoms with van der Waals surface area (Å²) in [6.45, 7) is 2.07. The smallest absolute Gasteiger partial charge is 0.247 e. The third kappa shape index (κ3) is 4.09. The van der Waals surface area contributed by atoms with Gasteiger partial charge in [-0.3, -0.25) is 0 Å². The fraction of sp³-hybridized carbons (Fsp3) is 0.389. The monoisotopic (exact) mass is 357 g/mol. The molecule has 8 nitrogen and oxygen atoms in total. The number of nitrogen functional groups attached to an aromatic ring is 1. The number of ether oxygens (including phenoxy) is 3. The minimum atomic E-state index is 0.150. The largest absolute Gasteiger partial charge is 0.471 e. The third-order valence-electron chi connectivity index (χ3n) is 3.88. The van der Waals surface area contributed by atoms with Crippen LogP contribution in [0.25, 0.3) is 11.2 Å². The molecule has 0 aliphatic rings. The van der Waals surface area contributed by atoms with Crippen molar-refractivity contribution >= 4 is 17.1 Å². The predicted molar refractivity (Wildman–Crippen MR) is 97.7 cm³/mol. The molecule has 0 saturated carbocycles. The van der Waals surface area contributed by atoms with Gasteiger partial charge >= 0.3 is 0 Å². The standard InChI is InChI=1S/C18H23N5O3/c1-24-10-6-9-23-14(12-25-2)20-15-16(23)21-18(19)22-17(15)26-11-13-7-4-3-5-8-13/h3-5,7-8H,6,9-12H2,1-2H3,(H2,19,21,22). The first-order valence-corrected chi connectivity index (χ1v) is 8.40. The number of hydrogen-bond acceptors (Lipinski definition) is 7. The van der Waals surface area contributed by atoms with Crippen LogP contribution in [0.15, 0.2) is 30.3 Å². The van der Waals surface area contributed by atoms with Crippen LogP contribution in [0, 0.1) is 0 Å². The van der Waals surface area contributed by atoms with Gasteiger partial charge in [0.1, 0.15) is 19.0 Å². The Morgan fingerprint density at radius 2 is 1.81 bits per heavy atom. The molecule has 0 bridgehead atoms. The Morgan fingerprint density at radius 3 is 2.54 bits per heavy atom. The van der Waals surface area contributed by atoms with Crippen LogP contribution >= 0.6 is 0 Å². The Labute approximate surface area is 151 Å². The van der Waals surface area contributed by atoms with Crippen molar-refractivity contribution in [3.05, 3.63) is 41.7 Å². The Balaban J connectivity index is 1.94. The molecule has 2 aromatic heterocycles. The lowest BCUT2D eigenvalue weighted by atomic mass is 10.2. The minimum absolute atomic E-state index is 0.150. The quantitative estimate of drug-likeness (QED) is 0.586. The summed E-state index contributed by atoms with van der Waals surface area (Å²) in [6, 6.07) is 9.86. The Morgan fingerprint density at radius 1 is 1.00 bits per heavy atom. The van der Waals surface area contributed by atoms with Crippen LogP contribution in [-0.2, 0) is 29.2 Å². The normalized spacial score (nSPS) is 11.2. The Kier molecular flexibility index (Phi) is 5.98. The van der Waals surface area contributed by atoms with Gasteiger partial charge in [0.2, 0.25) is 11.8 Å². The SMILES string of the molecule is COCCCn1c(COC)nc2c(OCc3ccccc3)nc(N)nc21. The fourth-order valence-corrected chi connectivity index (χ4v) is 2.70. The van der Waals surface area contributed by atoms with Gasteiger partial charge in [-0.25, -0.2) is 4.98 Å². The van der Waals surface area contributed by atoms with Crippen LogP contribution < -0.4 is 10.5 Å². The van der Waals surface area contributed by atoms with E-state index in [1.165, 1.54) is 0 Å². The van der Waals surface area contributed by atoms with Gasteiger partial charge in [-0.2, -0.15) is 9.97 Å². The van der Waals surface area contributed by atoms with Crippen molar-refractivity contribution in [3.63, 3.8) is 0 Å². The zero-order valence-electron chi connectivity index (χ0n) is 15.0. The Hall–Kier alpha value is -2.71. The van der Waals surface area contributed by atoms with E-state index >= 15 is 0 Å². The number of benzene rings is 1. The van der Waals surface area contributed by atoms with Crippen molar-refractivity contribution in [2.24, 2.45) is 0 Å². The number of imidazole rings is 1. The topological polar surface area (TPSA) is 97.3 Å². The third-order valence-corrected chi connectivity index (χ3v) is 3.88. The highest BCUT2D eigenvalue weighted by Crippen LogP contribution is 2.25. The lowest BCUT2D eigenvalue weighted by Gasteiger charge is -2.09. The van der Waals surface area contributed by atoms with Gasteiger partial charge < -0.3 is 24.5 Å². The molecule has 0 aliphatic carbocycles. The number of methoxy groups -OCH3 is 2. The second kappa shape index (κ2) is 8.59. The molecule has 3 rings (SSSR count). The molecule has 0 radical (unpaired) electrons. The molecule has 0 atom stereocenters. The molecule has 3 aromatic rings. The number of nitrogens with zero attached hydrogens (tertiary/aromatic N) is 4. The number of hydrogen-bond donors (Lipinski definition) is 1. The average molecular weight is 357 g/mol.